The number of β-amino-alcohol motifs (C(OH)–C–C–N with tert-alkyl or cyclic N) is 1. The molecular formula is C14H22N4O2. The number of nitrogen functional groups attached to an aromatic ring is 1. The Labute approximate surface area is 119 Å². The van der Waals surface area contributed by atoms with Gasteiger partial charge in [-0.3, -0.25) is 14.6 Å². The summed E-state index contributed by atoms with van der Waals surface area (Å²) in [5.74, 6) is -0.0430. The van der Waals surface area contributed by atoms with E-state index < -0.39 is 0 Å². The van der Waals surface area contributed by atoms with E-state index in [2.05, 4.69) is 15.1 Å². The summed E-state index contributed by atoms with van der Waals surface area (Å²) >= 11 is 0. The molecule has 0 radical (unpaired) electrons. The van der Waals surface area contributed by atoms with Gasteiger partial charge in [-0.05, 0) is 12.1 Å². The number of carbonyl (C=O) groups is 1. The third kappa shape index (κ3) is 4.19. The number of piperazine rings is 1. The number of rotatable bonds is 5. The Balaban J connectivity index is 1.77. The number of aliphatic hydroxyl groups is 1. The third-order valence-corrected chi connectivity index (χ3v) is 3.48. The molecule has 1 aromatic carbocycles. The van der Waals surface area contributed by atoms with E-state index in [0.29, 0.717) is 24.5 Å². The van der Waals surface area contributed by atoms with E-state index in [1.165, 1.54) is 0 Å². The lowest BCUT2D eigenvalue weighted by Crippen LogP contribution is -2.49. The van der Waals surface area contributed by atoms with Crippen molar-refractivity contribution in [1.29, 1.82) is 0 Å². The Morgan fingerprint density at radius 2 is 1.85 bits per heavy atom. The van der Waals surface area contributed by atoms with E-state index in [1.807, 2.05) is 12.1 Å². The summed E-state index contributed by atoms with van der Waals surface area (Å²) in [6.45, 7) is 4.74. The number of amides is 1. The van der Waals surface area contributed by atoms with Crippen molar-refractivity contribution >= 4 is 17.3 Å². The molecule has 110 valence electrons. The smallest absolute Gasteiger partial charge is 0.238 e. The van der Waals surface area contributed by atoms with Gasteiger partial charge in [-0.25, -0.2) is 0 Å². The summed E-state index contributed by atoms with van der Waals surface area (Å²) in [5, 5.41) is 11.7. The predicted octanol–water partition coefficient (Wildman–Crippen LogP) is -0.183. The quantitative estimate of drug-likeness (QED) is 0.651. The molecule has 1 aromatic rings. The highest BCUT2D eigenvalue weighted by molar-refractivity contribution is 5.95. The van der Waals surface area contributed by atoms with Crippen LogP contribution in [0, 0.1) is 0 Å². The van der Waals surface area contributed by atoms with Crippen molar-refractivity contribution in [2.24, 2.45) is 0 Å². The number of anilines is 2. The Morgan fingerprint density at radius 3 is 2.50 bits per heavy atom. The molecule has 2 rings (SSSR count). The van der Waals surface area contributed by atoms with Gasteiger partial charge in [0.25, 0.3) is 0 Å². The van der Waals surface area contributed by atoms with Gasteiger partial charge in [0, 0.05) is 32.7 Å². The van der Waals surface area contributed by atoms with Gasteiger partial charge in [-0.15, -0.1) is 0 Å². The Bertz CT molecular complexity index is 445. The standard InChI is InChI=1S/C14H22N4O2/c15-12-3-1-2-4-13(12)16-14(20)11-18-7-5-17(6-8-18)9-10-19/h1-4,19H,5-11,15H2,(H,16,20). The SMILES string of the molecule is Nc1ccccc1NC(=O)CN1CCN(CCO)CC1. The van der Waals surface area contributed by atoms with Crippen LogP contribution in [0.1, 0.15) is 0 Å². The van der Waals surface area contributed by atoms with Crippen LogP contribution >= 0.6 is 0 Å². The number of hydrogen-bond donors (Lipinski definition) is 3. The van der Waals surface area contributed by atoms with Crippen LogP contribution in [0.2, 0.25) is 0 Å². The highest BCUT2D eigenvalue weighted by Crippen LogP contribution is 2.16. The first-order valence-corrected chi connectivity index (χ1v) is 6.89. The zero-order valence-corrected chi connectivity index (χ0v) is 11.6. The number of para-hydroxylation sites is 2. The lowest BCUT2D eigenvalue weighted by atomic mass is 10.2. The van der Waals surface area contributed by atoms with E-state index >= 15 is 0 Å². The molecule has 0 spiro atoms. The van der Waals surface area contributed by atoms with Crippen molar-refractivity contribution in [1.82, 2.24) is 9.80 Å². The second kappa shape index (κ2) is 7.23. The zero-order chi connectivity index (χ0) is 14.4. The molecule has 1 aliphatic heterocycles. The number of nitrogens with zero attached hydrogens (tertiary/aromatic N) is 2. The lowest BCUT2D eigenvalue weighted by Gasteiger charge is -2.33. The number of aliphatic hydroxyl groups excluding tert-OH is 1. The van der Waals surface area contributed by atoms with E-state index in [0.717, 1.165) is 26.2 Å². The molecular weight excluding hydrogens is 256 g/mol. The molecule has 1 fully saturated rings. The zero-order valence-electron chi connectivity index (χ0n) is 11.6. The molecule has 0 bridgehead atoms. The van der Waals surface area contributed by atoms with Gasteiger partial charge in [0.15, 0.2) is 0 Å². The second-order valence-corrected chi connectivity index (χ2v) is 4.98. The van der Waals surface area contributed by atoms with Gasteiger partial charge in [-0.2, -0.15) is 0 Å². The van der Waals surface area contributed by atoms with Crippen LogP contribution in [0.15, 0.2) is 24.3 Å². The molecule has 20 heavy (non-hydrogen) atoms. The monoisotopic (exact) mass is 278 g/mol. The van der Waals surface area contributed by atoms with E-state index in [-0.39, 0.29) is 12.5 Å². The van der Waals surface area contributed by atoms with Crippen LogP contribution in [-0.4, -0.2) is 66.7 Å². The van der Waals surface area contributed by atoms with Gasteiger partial charge in [0.05, 0.1) is 24.5 Å². The molecule has 0 aromatic heterocycles. The van der Waals surface area contributed by atoms with Gasteiger partial charge in [0.1, 0.15) is 0 Å². The average molecular weight is 278 g/mol. The molecule has 0 atom stereocenters. The summed E-state index contributed by atoms with van der Waals surface area (Å²) < 4.78 is 0. The Hall–Kier alpha value is -1.63. The van der Waals surface area contributed by atoms with Crippen LogP contribution in [0.5, 0.6) is 0 Å². The first-order chi connectivity index (χ1) is 9.69. The number of hydrogen-bond acceptors (Lipinski definition) is 5. The molecule has 6 nitrogen and oxygen atoms in total. The van der Waals surface area contributed by atoms with E-state index in [4.69, 9.17) is 10.8 Å². The number of benzene rings is 1. The highest BCUT2D eigenvalue weighted by atomic mass is 16.3. The second-order valence-electron chi connectivity index (χ2n) is 4.98. The van der Waals surface area contributed by atoms with Crippen LogP contribution in [0.4, 0.5) is 11.4 Å². The molecule has 6 heteroatoms. The van der Waals surface area contributed by atoms with Crippen molar-refractivity contribution in [3.05, 3.63) is 24.3 Å². The van der Waals surface area contributed by atoms with Crippen LogP contribution < -0.4 is 11.1 Å². The largest absolute Gasteiger partial charge is 0.397 e. The minimum absolute atomic E-state index is 0.0430. The van der Waals surface area contributed by atoms with Crippen LogP contribution in [0.3, 0.4) is 0 Å². The lowest BCUT2D eigenvalue weighted by molar-refractivity contribution is -0.117. The highest BCUT2D eigenvalue weighted by Gasteiger charge is 2.18. The summed E-state index contributed by atoms with van der Waals surface area (Å²) in [4.78, 5) is 16.3. The maximum atomic E-state index is 12.0. The van der Waals surface area contributed by atoms with Gasteiger partial charge >= 0.3 is 0 Å². The molecule has 1 saturated heterocycles. The molecule has 0 saturated carbocycles. The minimum atomic E-state index is -0.0430. The first-order valence-electron chi connectivity index (χ1n) is 6.89. The Morgan fingerprint density at radius 1 is 1.20 bits per heavy atom. The maximum Gasteiger partial charge on any atom is 0.238 e. The van der Waals surface area contributed by atoms with Gasteiger partial charge in [0.2, 0.25) is 5.91 Å². The average Bonchev–Trinajstić information content (AvgIpc) is 2.44. The topological polar surface area (TPSA) is 81.8 Å². The predicted molar refractivity (Wildman–Crippen MR) is 79.4 cm³/mol. The van der Waals surface area contributed by atoms with Crippen LogP contribution in [0.25, 0.3) is 0 Å². The molecule has 1 aliphatic rings. The first kappa shape index (κ1) is 14.8. The summed E-state index contributed by atoms with van der Waals surface area (Å²) in [6, 6.07) is 7.25. The normalized spacial score (nSPS) is 17.1. The summed E-state index contributed by atoms with van der Waals surface area (Å²) in [7, 11) is 0. The van der Waals surface area contributed by atoms with Crippen molar-refractivity contribution in [2.45, 2.75) is 0 Å². The molecule has 1 heterocycles. The van der Waals surface area contributed by atoms with E-state index in [1.54, 1.807) is 12.1 Å². The minimum Gasteiger partial charge on any atom is -0.397 e. The number of carbonyl (C=O) groups excluding carboxylic acids is 1. The number of nitrogens with two attached hydrogens (primary N) is 1. The fourth-order valence-corrected chi connectivity index (χ4v) is 2.32. The van der Waals surface area contributed by atoms with Crippen molar-refractivity contribution in [2.75, 3.05) is 56.9 Å². The fraction of sp³-hybridized carbons (Fsp3) is 0.500. The van der Waals surface area contributed by atoms with Crippen molar-refractivity contribution in [3.8, 4) is 0 Å². The van der Waals surface area contributed by atoms with Gasteiger partial charge < -0.3 is 16.2 Å². The van der Waals surface area contributed by atoms with Crippen molar-refractivity contribution in [3.63, 3.8) is 0 Å². The molecule has 0 aliphatic carbocycles. The maximum absolute atomic E-state index is 12.0. The van der Waals surface area contributed by atoms with Crippen molar-refractivity contribution < 1.29 is 9.90 Å². The van der Waals surface area contributed by atoms with Gasteiger partial charge in [-0.1, -0.05) is 12.1 Å². The summed E-state index contributed by atoms with van der Waals surface area (Å²) in [5.41, 5.74) is 7.04. The Kier molecular flexibility index (Phi) is 5.34. The number of nitrogens with one attached hydrogen (secondary N) is 1. The van der Waals surface area contributed by atoms with E-state index in [9.17, 15) is 4.79 Å². The molecule has 4 N–H and O–H groups in total. The third-order valence-electron chi connectivity index (χ3n) is 3.48. The summed E-state index contributed by atoms with van der Waals surface area (Å²) in [6.07, 6.45) is 0. The fourth-order valence-electron chi connectivity index (χ4n) is 2.32. The molecule has 0 unspecified atom stereocenters. The van der Waals surface area contributed by atoms with Crippen LogP contribution in [-0.2, 0) is 4.79 Å². The molecule has 1 amide bonds.